The van der Waals surface area contributed by atoms with Gasteiger partial charge >= 0.3 is 0 Å². The third-order valence-corrected chi connectivity index (χ3v) is 13.9. The number of hydrogen-bond donors (Lipinski definition) is 3. The summed E-state index contributed by atoms with van der Waals surface area (Å²) in [5, 5.41) is 37.5. The van der Waals surface area contributed by atoms with Crippen LogP contribution in [0.15, 0.2) is 89.2 Å². The number of nitrogens with one attached hydrogen (secondary N) is 1. The molecule has 3 aliphatic rings. The van der Waals surface area contributed by atoms with E-state index in [1.807, 2.05) is 62.7 Å². The Hall–Kier alpha value is -6.52. The zero-order valence-electron chi connectivity index (χ0n) is 36.0. The van der Waals surface area contributed by atoms with Crippen LogP contribution in [0.3, 0.4) is 0 Å². The van der Waals surface area contributed by atoms with E-state index in [2.05, 4.69) is 47.3 Å². The second-order valence-electron chi connectivity index (χ2n) is 17.6. The summed E-state index contributed by atoms with van der Waals surface area (Å²) in [7, 11) is 0. The number of carbonyl (C=O) groups is 2. The number of phenolic OH excluding ortho intramolecular Hbond substituents is 1. The minimum atomic E-state index is -0.823. The number of fused-ring (bicyclic) bond motifs is 1. The number of aryl methyl sites for hydroxylation is 1. The number of anilines is 1. The highest BCUT2D eigenvalue weighted by Gasteiger charge is 2.43. The topological polar surface area (TPSA) is 189 Å². The number of likely N-dealkylation sites (tertiary alicyclic amines) is 1. The SMILES string of the molecule is Cc1ncsc1-c1ccc(CNC(=O)[C@@H]2C[C@@H](O)CN2C(=O)[C@H](c2cc(-c3cnc(N4CCC(c5cc6nnc(-c7ccccc7O)cc6n5C5CC5)CC4)nc3)no2)C(C)C)cc1. The Morgan fingerprint density at radius 1 is 0.922 bits per heavy atom. The minimum Gasteiger partial charge on any atom is -0.507 e. The molecule has 7 aromatic rings. The number of aliphatic hydroxyl groups is 1. The normalized spacial score (nSPS) is 18.6. The summed E-state index contributed by atoms with van der Waals surface area (Å²) in [6, 6.07) is 20.9. The van der Waals surface area contributed by atoms with Crippen molar-refractivity contribution in [3.8, 4) is 38.7 Å². The smallest absolute Gasteiger partial charge is 0.243 e. The molecule has 2 aromatic carbocycles. The maximum atomic E-state index is 14.3. The highest BCUT2D eigenvalue weighted by atomic mass is 32.1. The molecule has 3 atom stereocenters. The molecule has 328 valence electrons. The zero-order valence-corrected chi connectivity index (χ0v) is 36.8. The van der Waals surface area contributed by atoms with Gasteiger partial charge in [-0.1, -0.05) is 55.4 Å². The van der Waals surface area contributed by atoms with Crippen molar-refractivity contribution in [2.75, 3.05) is 24.5 Å². The van der Waals surface area contributed by atoms with Crippen molar-refractivity contribution in [1.29, 1.82) is 0 Å². The van der Waals surface area contributed by atoms with Gasteiger partial charge in [0.25, 0.3) is 0 Å². The number of amides is 2. The number of piperidine rings is 1. The lowest BCUT2D eigenvalue weighted by Gasteiger charge is -2.32. The largest absolute Gasteiger partial charge is 0.507 e. The molecule has 0 radical (unpaired) electrons. The molecule has 16 heteroatoms. The number of carbonyl (C=O) groups excluding carboxylic acids is 2. The molecule has 10 rings (SSSR count). The van der Waals surface area contributed by atoms with Gasteiger partial charge in [0, 0.05) is 79.8 Å². The summed E-state index contributed by atoms with van der Waals surface area (Å²) >= 11 is 1.59. The van der Waals surface area contributed by atoms with Gasteiger partial charge < -0.3 is 34.4 Å². The van der Waals surface area contributed by atoms with Gasteiger partial charge in [-0.15, -0.1) is 21.5 Å². The third-order valence-electron chi connectivity index (χ3n) is 12.9. The average Bonchev–Trinajstić information content (AvgIpc) is 3.60. The standard InChI is InChI=1S/C48H50N10O5S/c1-27(2)44(47(62)57-25-34(59)18-41(57)46(61)49-22-29-8-10-31(11-9-29)45-28(3)52-26-64-45)43-21-36(55-63-43)32-23-50-48(51-24-32)56-16-14-30(15-17-56)39-20-38-40(58(39)33-12-13-33)19-37(53-54-38)35-6-4-5-7-42(35)60/h4-11,19-21,23-24,26-27,30,33-34,41,44,59-60H,12-18,22,25H2,1-3H3,(H,49,61)/t34-,41+,44+/m1/s1. The van der Waals surface area contributed by atoms with Crippen LogP contribution in [0.25, 0.3) is 44.0 Å². The molecule has 7 heterocycles. The molecular weight excluding hydrogens is 829 g/mol. The maximum Gasteiger partial charge on any atom is 0.243 e. The number of phenols is 1. The molecule has 0 unspecified atom stereocenters. The Morgan fingerprint density at radius 2 is 1.69 bits per heavy atom. The molecule has 2 saturated heterocycles. The van der Waals surface area contributed by atoms with Crippen molar-refractivity contribution in [3.63, 3.8) is 0 Å². The summed E-state index contributed by atoms with van der Waals surface area (Å²) in [5.41, 5.74) is 10.5. The Bertz CT molecular complexity index is 2810. The van der Waals surface area contributed by atoms with Gasteiger partial charge in [0.1, 0.15) is 34.7 Å². The number of aliphatic hydroxyl groups excluding tert-OH is 1. The summed E-state index contributed by atoms with van der Waals surface area (Å²) in [6.07, 6.45) is 6.94. The first-order valence-corrected chi connectivity index (χ1v) is 22.9. The van der Waals surface area contributed by atoms with Crippen LogP contribution in [-0.4, -0.2) is 93.6 Å². The number of aromatic hydroxyl groups is 1. The van der Waals surface area contributed by atoms with Crippen molar-refractivity contribution >= 4 is 40.1 Å². The number of thiazole rings is 1. The average molecular weight is 879 g/mol. The Balaban J connectivity index is 0.780. The molecule has 1 saturated carbocycles. The summed E-state index contributed by atoms with van der Waals surface area (Å²) in [4.78, 5) is 46.4. The molecule has 64 heavy (non-hydrogen) atoms. The second-order valence-corrected chi connectivity index (χ2v) is 18.5. The lowest BCUT2D eigenvalue weighted by atomic mass is 9.91. The van der Waals surface area contributed by atoms with Crippen LogP contribution in [-0.2, 0) is 16.1 Å². The summed E-state index contributed by atoms with van der Waals surface area (Å²) in [6.45, 7) is 7.77. The van der Waals surface area contributed by atoms with Crippen LogP contribution in [0.1, 0.15) is 86.5 Å². The molecule has 0 bridgehead atoms. The van der Waals surface area contributed by atoms with Crippen LogP contribution in [0.4, 0.5) is 5.95 Å². The first-order valence-electron chi connectivity index (χ1n) is 22.1. The molecular formula is C48H50N10O5S. The predicted molar refractivity (Wildman–Crippen MR) is 242 cm³/mol. The predicted octanol–water partition coefficient (Wildman–Crippen LogP) is 7.42. The van der Waals surface area contributed by atoms with Gasteiger partial charge in [-0.05, 0) is 73.9 Å². The Kier molecular flexibility index (Phi) is 11.2. The highest BCUT2D eigenvalue weighted by Crippen LogP contribution is 2.44. The van der Waals surface area contributed by atoms with E-state index in [9.17, 15) is 19.8 Å². The van der Waals surface area contributed by atoms with Gasteiger partial charge in [0.15, 0.2) is 0 Å². The number of benzene rings is 2. The quantitative estimate of drug-likeness (QED) is 0.110. The van der Waals surface area contributed by atoms with Crippen LogP contribution in [0, 0.1) is 12.8 Å². The van der Waals surface area contributed by atoms with E-state index in [4.69, 9.17) is 14.5 Å². The van der Waals surface area contributed by atoms with Crippen molar-refractivity contribution in [2.45, 2.75) is 89.4 Å². The molecule has 1 aliphatic carbocycles. The van der Waals surface area contributed by atoms with Gasteiger partial charge in [0.05, 0.1) is 33.4 Å². The number of hydrogen-bond acceptors (Lipinski definition) is 13. The van der Waals surface area contributed by atoms with Crippen molar-refractivity contribution in [3.05, 3.63) is 107 Å². The first kappa shape index (κ1) is 41.5. The third kappa shape index (κ3) is 8.11. The Morgan fingerprint density at radius 3 is 2.39 bits per heavy atom. The van der Waals surface area contributed by atoms with Crippen LogP contribution in [0.5, 0.6) is 5.75 Å². The molecule has 2 aliphatic heterocycles. The Labute approximate surface area is 374 Å². The number of nitrogens with zero attached hydrogens (tertiary/aromatic N) is 9. The van der Waals surface area contributed by atoms with Gasteiger partial charge in [-0.2, -0.15) is 0 Å². The molecule has 3 N–H and O–H groups in total. The van der Waals surface area contributed by atoms with E-state index >= 15 is 0 Å². The molecule has 5 aromatic heterocycles. The lowest BCUT2D eigenvalue weighted by molar-refractivity contribution is -0.141. The lowest BCUT2D eigenvalue weighted by Crippen LogP contribution is -2.48. The zero-order chi connectivity index (χ0) is 44.1. The molecule has 0 spiro atoms. The fourth-order valence-corrected chi connectivity index (χ4v) is 10.2. The second kappa shape index (κ2) is 17.2. The van der Waals surface area contributed by atoms with Gasteiger partial charge in [-0.25, -0.2) is 15.0 Å². The fraction of sp³-hybridized carbons (Fsp3) is 0.375. The van der Waals surface area contributed by atoms with E-state index in [1.165, 1.54) is 10.6 Å². The summed E-state index contributed by atoms with van der Waals surface area (Å²) < 4.78 is 8.29. The molecule has 2 amide bonds. The van der Waals surface area contributed by atoms with E-state index in [1.54, 1.807) is 41.9 Å². The van der Waals surface area contributed by atoms with E-state index in [0.29, 0.717) is 52.7 Å². The van der Waals surface area contributed by atoms with Crippen LogP contribution < -0.4 is 10.2 Å². The van der Waals surface area contributed by atoms with Crippen LogP contribution in [0.2, 0.25) is 0 Å². The first-order chi connectivity index (χ1) is 31.1. The maximum absolute atomic E-state index is 14.3. The number of rotatable bonds is 12. The van der Waals surface area contributed by atoms with E-state index in [0.717, 1.165) is 71.5 Å². The fourth-order valence-electron chi connectivity index (χ4n) is 9.36. The van der Waals surface area contributed by atoms with Crippen LogP contribution >= 0.6 is 11.3 Å². The van der Waals surface area contributed by atoms with E-state index in [-0.39, 0.29) is 36.4 Å². The number of β-amino-alcohol motifs (C(OH)–C–C–N with tert-alkyl or cyclic N) is 1. The molecule has 3 fully saturated rings. The van der Waals surface area contributed by atoms with E-state index < -0.39 is 18.1 Å². The monoisotopic (exact) mass is 878 g/mol. The number of aromatic nitrogens is 7. The van der Waals surface area contributed by atoms with Crippen molar-refractivity contribution in [1.82, 2.24) is 45.1 Å². The van der Waals surface area contributed by atoms with Gasteiger partial charge in [-0.3, -0.25) is 9.59 Å². The van der Waals surface area contributed by atoms with Crippen molar-refractivity contribution in [2.24, 2.45) is 5.92 Å². The summed E-state index contributed by atoms with van der Waals surface area (Å²) in [5.74, 6) is 0.0368. The van der Waals surface area contributed by atoms with Gasteiger partial charge in [0.2, 0.25) is 17.8 Å². The minimum absolute atomic E-state index is 0.0526. The molecule has 15 nitrogen and oxygen atoms in total. The number of para-hydroxylation sites is 1. The highest BCUT2D eigenvalue weighted by molar-refractivity contribution is 7.13. The van der Waals surface area contributed by atoms with Crippen molar-refractivity contribution < 1.29 is 24.3 Å².